The SMILES string of the molecule is Cc1nc(C)c(C(=O)N2CCC(c3ccc(Cc4ccc(C(F)(F)F)cc4)cn3)CC2)o1. The Bertz CT molecular complexity index is 1080. The van der Waals surface area contributed by atoms with Gasteiger partial charge in [-0.1, -0.05) is 18.2 Å². The molecule has 0 spiro atoms. The predicted octanol–water partition coefficient (Wildman–Crippen LogP) is 5.32. The van der Waals surface area contributed by atoms with Gasteiger partial charge in [0.05, 0.1) is 11.3 Å². The van der Waals surface area contributed by atoms with E-state index in [9.17, 15) is 18.0 Å². The number of alkyl halides is 3. The van der Waals surface area contributed by atoms with Crippen molar-refractivity contribution in [1.29, 1.82) is 0 Å². The maximum Gasteiger partial charge on any atom is 0.416 e. The fraction of sp³-hybridized carbons (Fsp3) is 0.375. The van der Waals surface area contributed by atoms with E-state index in [0.717, 1.165) is 41.8 Å². The number of oxazole rings is 1. The van der Waals surface area contributed by atoms with Crippen molar-refractivity contribution in [3.63, 3.8) is 0 Å². The molecule has 0 radical (unpaired) electrons. The normalized spacial score (nSPS) is 15.2. The highest BCUT2D eigenvalue weighted by Gasteiger charge is 2.30. The average Bonchev–Trinajstić information content (AvgIpc) is 3.11. The fourth-order valence-electron chi connectivity index (χ4n) is 4.08. The van der Waals surface area contributed by atoms with E-state index in [1.54, 1.807) is 24.9 Å². The lowest BCUT2D eigenvalue weighted by atomic mass is 9.92. The standard InChI is InChI=1S/C24H24F3N3O2/c1-15-22(32-16(2)29-15)23(31)30-11-9-19(10-12-30)21-8-5-18(14-28-21)13-17-3-6-20(7-4-17)24(25,26)27/h3-8,14,19H,9-13H2,1-2H3. The van der Waals surface area contributed by atoms with E-state index < -0.39 is 11.7 Å². The van der Waals surface area contributed by atoms with Crippen LogP contribution in [0.15, 0.2) is 47.0 Å². The van der Waals surface area contributed by atoms with Crippen LogP contribution in [0.2, 0.25) is 0 Å². The van der Waals surface area contributed by atoms with E-state index in [2.05, 4.69) is 9.97 Å². The van der Waals surface area contributed by atoms with Gasteiger partial charge in [-0.15, -0.1) is 0 Å². The summed E-state index contributed by atoms with van der Waals surface area (Å²) in [5, 5.41) is 0. The van der Waals surface area contributed by atoms with Gasteiger partial charge in [-0.2, -0.15) is 13.2 Å². The van der Waals surface area contributed by atoms with Gasteiger partial charge < -0.3 is 9.32 Å². The number of hydrogen-bond donors (Lipinski definition) is 0. The van der Waals surface area contributed by atoms with Crippen LogP contribution in [0.5, 0.6) is 0 Å². The quantitative estimate of drug-likeness (QED) is 0.548. The monoisotopic (exact) mass is 443 g/mol. The number of carbonyl (C=O) groups excluding carboxylic acids is 1. The molecular weight excluding hydrogens is 419 g/mol. The number of aromatic nitrogens is 2. The number of aryl methyl sites for hydroxylation is 2. The van der Waals surface area contributed by atoms with Gasteiger partial charge in [-0.3, -0.25) is 9.78 Å². The number of pyridine rings is 1. The molecule has 1 amide bonds. The third-order valence-corrected chi connectivity index (χ3v) is 5.84. The van der Waals surface area contributed by atoms with E-state index >= 15 is 0 Å². The van der Waals surface area contributed by atoms with Gasteiger partial charge in [-0.05, 0) is 55.5 Å². The Balaban J connectivity index is 1.34. The first kappa shape index (κ1) is 22.0. The Morgan fingerprint density at radius 1 is 1.06 bits per heavy atom. The lowest BCUT2D eigenvalue weighted by Crippen LogP contribution is -2.38. The Hall–Kier alpha value is -3.16. The summed E-state index contributed by atoms with van der Waals surface area (Å²) >= 11 is 0. The molecule has 1 aromatic carbocycles. The lowest BCUT2D eigenvalue weighted by Gasteiger charge is -2.31. The number of likely N-dealkylation sites (tertiary alicyclic amines) is 1. The van der Waals surface area contributed by atoms with Crippen LogP contribution in [0.3, 0.4) is 0 Å². The predicted molar refractivity (Wildman–Crippen MR) is 112 cm³/mol. The van der Waals surface area contributed by atoms with Crippen LogP contribution in [0, 0.1) is 13.8 Å². The largest absolute Gasteiger partial charge is 0.436 e. The van der Waals surface area contributed by atoms with Crippen LogP contribution in [0.25, 0.3) is 0 Å². The van der Waals surface area contributed by atoms with E-state index in [1.165, 1.54) is 12.1 Å². The summed E-state index contributed by atoms with van der Waals surface area (Å²) in [6.07, 6.45) is -0.402. The summed E-state index contributed by atoms with van der Waals surface area (Å²) in [5.74, 6) is 0.936. The zero-order valence-corrected chi connectivity index (χ0v) is 17.9. The van der Waals surface area contributed by atoms with Crippen LogP contribution < -0.4 is 0 Å². The van der Waals surface area contributed by atoms with Crippen molar-refractivity contribution in [2.24, 2.45) is 0 Å². The molecule has 0 unspecified atom stereocenters. The van der Waals surface area contributed by atoms with Gasteiger partial charge in [0.1, 0.15) is 0 Å². The summed E-state index contributed by atoms with van der Waals surface area (Å²) < 4.78 is 43.6. The second kappa shape index (κ2) is 8.76. The maximum atomic E-state index is 12.7. The van der Waals surface area contributed by atoms with E-state index in [-0.39, 0.29) is 11.8 Å². The van der Waals surface area contributed by atoms with Crippen molar-refractivity contribution in [2.45, 2.75) is 45.2 Å². The highest BCUT2D eigenvalue weighted by Crippen LogP contribution is 2.30. The Kier molecular flexibility index (Phi) is 6.04. The molecule has 4 rings (SSSR count). The first-order valence-corrected chi connectivity index (χ1v) is 10.5. The zero-order valence-electron chi connectivity index (χ0n) is 17.9. The number of halogens is 3. The molecule has 32 heavy (non-hydrogen) atoms. The molecule has 3 aromatic rings. The molecule has 0 atom stereocenters. The third kappa shape index (κ3) is 4.84. The smallest absolute Gasteiger partial charge is 0.416 e. The second-order valence-electron chi connectivity index (χ2n) is 8.18. The molecule has 8 heteroatoms. The van der Waals surface area contributed by atoms with Crippen molar-refractivity contribution in [1.82, 2.24) is 14.9 Å². The number of carbonyl (C=O) groups is 1. The maximum absolute atomic E-state index is 12.7. The second-order valence-corrected chi connectivity index (χ2v) is 8.18. The number of piperidine rings is 1. The van der Waals surface area contributed by atoms with Crippen LogP contribution in [0.4, 0.5) is 13.2 Å². The highest BCUT2D eigenvalue weighted by atomic mass is 19.4. The number of amides is 1. The van der Waals surface area contributed by atoms with Gasteiger partial charge in [0, 0.05) is 37.8 Å². The molecule has 168 valence electrons. The van der Waals surface area contributed by atoms with Gasteiger partial charge >= 0.3 is 6.18 Å². The van der Waals surface area contributed by atoms with Gasteiger partial charge in [0.25, 0.3) is 5.91 Å². The lowest BCUT2D eigenvalue weighted by molar-refractivity contribution is -0.137. The van der Waals surface area contributed by atoms with Crippen molar-refractivity contribution in [2.75, 3.05) is 13.1 Å². The Morgan fingerprint density at radius 2 is 1.72 bits per heavy atom. The summed E-state index contributed by atoms with van der Waals surface area (Å²) in [4.78, 5) is 23.2. The van der Waals surface area contributed by atoms with Crippen LogP contribution >= 0.6 is 0 Å². The number of benzene rings is 1. The molecule has 1 fully saturated rings. The average molecular weight is 443 g/mol. The van der Waals surface area contributed by atoms with Crippen LogP contribution in [0.1, 0.15) is 63.3 Å². The summed E-state index contributed by atoms with van der Waals surface area (Å²) in [7, 11) is 0. The van der Waals surface area contributed by atoms with Crippen LogP contribution in [-0.4, -0.2) is 33.9 Å². The van der Waals surface area contributed by atoms with Crippen LogP contribution in [-0.2, 0) is 12.6 Å². The molecule has 2 aromatic heterocycles. The molecule has 0 saturated carbocycles. The minimum atomic E-state index is -4.32. The van der Waals surface area contributed by atoms with Gasteiger partial charge in [0.15, 0.2) is 5.89 Å². The Morgan fingerprint density at radius 3 is 2.25 bits per heavy atom. The van der Waals surface area contributed by atoms with E-state index in [0.29, 0.717) is 36.9 Å². The minimum Gasteiger partial charge on any atom is -0.436 e. The molecule has 3 heterocycles. The minimum absolute atomic E-state index is 0.124. The third-order valence-electron chi connectivity index (χ3n) is 5.84. The molecule has 0 N–H and O–H groups in total. The topological polar surface area (TPSA) is 59.2 Å². The molecule has 5 nitrogen and oxygen atoms in total. The van der Waals surface area contributed by atoms with Crippen molar-refractivity contribution >= 4 is 5.91 Å². The highest BCUT2D eigenvalue weighted by molar-refractivity contribution is 5.92. The van der Waals surface area contributed by atoms with Crippen molar-refractivity contribution < 1.29 is 22.4 Å². The molecular formula is C24H24F3N3O2. The van der Waals surface area contributed by atoms with Crippen molar-refractivity contribution in [3.8, 4) is 0 Å². The Labute approximate surface area is 184 Å². The first-order valence-electron chi connectivity index (χ1n) is 10.5. The molecule has 1 aliphatic rings. The van der Waals surface area contributed by atoms with Gasteiger partial charge in [0.2, 0.25) is 5.76 Å². The first-order chi connectivity index (χ1) is 15.2. The summed E-state index contributed by atoms with van der Waals surface area (Å²) in [5.41, 5.74) is 2.68. The summed E-state index contributed by atoms with van der Waals surface area (Å²) in [6, 6.07) is 9.16. The van der Waals surface area contributed by atoms with Crippen molar-refractivity contribution in [3.05, 3.63) is 82.3 Å². The van der Waals surface area contributed by atoms with Gasteiger partial charge in [-0.25, -0.2) is 4.98 Å². The fourth-order valence-corrected chi connectivity index (χ4v) is 4.08. The molecule has 1 saturated heterocycles. The molecule has 0 aliphatic carbocycles. The zero-order chi connectivity index (χ0) is 22.9. The molecule has 0 bridgehead atoms. The van der Waals surface area contributed by atoms with E-state index in [4.69, 9.17) is 4.42 Å². The summed E-state index contributed by atoms with van der Waals surface area (Å²) in [6.45, 7) is 4.74. The molecule has 1 aliphatic heterocycles. The van der Waals surface area contributed by atoms with E-state index in [1.807, 2.05) is 12.1 Å². The number of rotatable bonds is 4. The number of nitrogens with zero attached hydrogens (tertiary/aromatic N) is 3. The number of hydrogen-bond acceptors (Lipinski definition) is 4.